The molecule has 0 saturated carbocycles. The summed E-state index contributed by atoms with van der Waals surface area (Å²) in [7, 11) is 0. The van der Waals surface area contributed by atoms with Crippen LogP contribution in [0.25, 0.3) is 10.9 Å². The summed E-state index contributed by atoms with van der Waals surface area (Å²) in [4.78, 5) is 4.41. The molecule has 2 aromatic rings. The number of hydrogen-bond acceptors (Lipinski definition) is 1. The van der Waals surface area contributed by atoms with Crippen LogP contribution in [-0.4, -0.2) is 4.98 Å². The van der Waals surface area contributed by atoms with E-state index in [4.69, 9.17) is 0 Å². The highest BCUT2D eigenvalue weighted by atomic mass is 79.9. The largest absolute Gasteiger partial charge is 0.255 e. The van der Waals surface area contributed by atoms with Crippen molar-refractivity contribution in [2.75, 3.05) is 0 Å². The number of hydrogen-bond donors (Lipinski definition) is 0. The normalized spacial score (nSPS) is 12.0. The summed E-state index contributed by atoms with van der Waals surface area (Å²) >= 11 is 3.54. The van der Waals surface area contributed by atoms with Crippen LogP contribution in [0.3, 0.4) is 0 Å². The quantitative estimate of drug-likeness (QED) is 0.691. The van der Waals surface area contributed by atoms with E-state index in [0.717, 1.165) is 9.99 Å². The topological polar surface area (TPSA) is 12.9 Å². The van der Waals surface area contributed by atoms with Crippen LogP contribution in [-0.2, 0) is 5.41 Å². The van der Waals surface area contributed by atoms with Crippen molar-refractivity contribution >= 4 is 26.8 Å². The molecule has 78 valence electrons. The van der Waals surface area contributed by atoms with E-state index >= 15 is 0 Å². The van der Waals surface area contributed by atoms with Crippen LogP contribution in [0.15, 0.2) is 34.9 Å². The van der Waals surface area contributed by atoms with E-state index in [1.54, 1.807) is 0 Å². The molecule has 1 nitrogen and oxygen atoms in total. The summed E-state index contributed by atoms with van der Waals surface area (Å²) in [5, 5.41) is 1.24. The molecule has 0 bridgehead atoms. The first-order valence-corrected chi connectivity index (χ1v) is 5.83. The molecule has 0 amide bonds. The predicted octanol–water partition coefficient (Wildman–Crippen LogP) is 4.29. The molecular formula is C13H14BrN. The van der Waals surface area contributed by atoms with Crippen LogP contribution < -0.4 is 0 Å². The third-order valence-electron chi connectivity index (χ3n) is 2.53. The maximum atomic E-state index is 4.41. The molecule has 0 fully saturated rings. The zero-order chi connectivity index (χ0) is 11.1. The van der Waals surface area contributed by atoms with Crippen molar-refractivity contribution in [2.24, 2.45) is 0 Å². The van der Waals surface area contributed by atoms with E-state index in [2.05, 4.69) is 59.9 Å². The number of aromatic nitrogens is 1. The maximum Gasteiger partial charge on any atom is 0.0846 e. The lowest BCUT2D eigenvalue weighted by Crippen LogP contribution is -2.11. The van der Waals surface area contributed by atoms with Gasteiger partial charge in [-0.05, 0) is 39.0 Å². The van der Waals surface area contributed by atoms with E-state index in [-0.39, 0.29) is 5.41 Å². The third-order valence-corrected chi connectivity index (χ3v) is 3.17. The summed E-state index contributed by atoms with van der Waals surface area (Å²) in [5.41, 5.74) is 2.54. The van der Waals surface area contributed by atoms with Gasteiger partial charge in [-0.1, -0.05) is 32.9 Å². The smallest absolute Gasteiger partial charge is 0.0846 e. The standard InChI is InChI=1S/C13H14BrN/c1-13(2,3)10-6-7-11(14)12-9(10)5-4-8-15-12/h4-8H,1-3H3. The Hall–Kier alpha value is -0.890. The van der Waals surface area contributed by atoms with E-state index in [1.807, 2.05) is 12.3 Å². The van der Waals surface area contributed by atoms with Gasteiger partial charge in [-0.25, -0.2) is 0 Å². The van der Waals surface area contributed by atoms with Crippen LogP contribution in [0.4, 0.5) is 0 Å². The molecule has 0 atom stereocenters. The van der Waals surface area contributed by atoms with Crippen LogP contribution in [0.2, 0.25) is 0 Å². The number of benzene rings is 1. The Balaban J connectivity index is 2.84. The lowest BCUT2D eigenvalue weighted by Gasteiger charge is -2.21. The lowest BCUT2D eigenvalue weighted by molar-refractivity contribution is 0.596. The number of halogens is 1. The van der Waals surface area contributed by atoms with Crippen LogP contribution in [0.1, 0.15) is 26.3 Å². The Morgan fingerprint density at radius 2 is 1.87 bits per heavy atom. The van der Waals surface area contributed by atoms with Crippen molar-refractivity contribution in [3.63, 3.8) is 0 Å². The van der Waals surface area contributed by atoms with Gasteiger partial charge in [-0.15, -0.1) is 0 Å². The molecule has 0 N–H and O–H groups in total. The van der Waals surface area contributed by atoms with E-state index in [1.165, 1.54) is 10.9 Å². The summed E-state index contributed by atoms with van der Waals surface area (Å²) < 4.78 is 1.06. The number of pyridine rings is 1. The molecule has 2 heteroatoms. The first kappa shape index (κ1) is 10.6. The Morgan fingerprint density at radius 1 is 1.13 bits per heavy atom. The minimum absolute atomic E-state index is 0.155. The average Bonchev–Trinajstić information content (AvgIpc) is 2.17. The fourth-order valence-electron chi connectivity index (χ4n) is 1.79. The molecule has 0 spiro atoms. The van der Waals surface area contributed by atoms with Gasteiger partial charge >= 0.3 is 0 Å². The first-order valence-electron chi connectivity index (χ1n) is 5.04. The highest BCUT2D eigenvalue weighted by Crippen LogP contribution is 2.32. The van der Waals surface area contributed by atoms with Gasteiger partial charge in [0.05, 0.1) is 5.52 Å². The lowest BCUT2D eigenvalue weighted by atomic mass is 9.84. The van der Waals surface area contributed by atoms with Crippen LogP contribution >= 0.6 is 15.9 Å². The molecule has 0 saturated heterocycles. The molecule has 1 aromatic carbocycles. The van der Waals surface area contributed by atoms with E-state index in [0.29, 0.717) is 0 Å². The van der Waals surface area contributed by atoms with Crippen molar-refractivity contribution in [2.45, 2.75) is 26.2 Å². The molecule has 15 heavy (non-hydrogen) atoms. The van der Waals surface area contributed by atoms with E-state index < -0.39 is 0 Å². The molecule has 0 aliphatic heterocycles. The Bertz CT molecular complexity index is 497. The fraction of sp³-hybridized carbons (Fsp3) is 0.308. The van der Waals surface area contributed by atoms with Gasteiger partial charge in [0.2, 0.25) is 0 Å². The summed E-state index contributed by atoms with van der Waals surface area (Å²) in [6, 6.07) is 8.38. The molecule has 0 aliphatic rings. The maximum absolute atomic E-state index is 4.41. The molecule has 1 heterocycles. The molecule has 0 unspecified atom stereocenters. The predicted molar refractivity (Wildman–Crippen MR) is 68.1 cm³/mol. The highest BCUT2D eigenvalue weighted by molar-refractivity contribution is 9.10. The second kappa shape index (κ2) is 3.60. The average molecular weight is 264 g/mol. The summed E-state index contributed by atoms with van der Waals surface area (Å²) in [6.45, 7) is 6.67. The van der Waals surface area contributed by atoms with Crippen LogP contribution in [0, 0.1) is 0 Å². The number of rotatable bonds is 0. The van der Waals surface area contributed by atoms with Crippen molar-refractivity contribution < 1.29 is 0 Å². The Kier molecular flexibility index (Phi) is 2.55. The fourth-order valence-corrected chi connectivity index (χ4v) is 2.24. The van der Waals surface area contributed by atoms with Gasteiger partial charge in [0.15, 0.2) is 0 Å². The van der Waals surface area contributed by atoms with Gasteiger partial charge < -0.3 is 0 Å². The first-order chi connectivity index (χ1) is 7.00. The van der Waals surface area contributed by atoms with Gasteiger partial charge in [-0.3, -0.25) is 4.98 Å². The zero-order valence-corrected chi connectivity index (χ0v) is 10.8. The second-order valence-electron chi connectivity index (χ2n) is 4.74. The van der Waals surface area contributed by atoms with Crippen molar-refractivity contribution in [1.82, 2.24) is 4.98 Å². The monoisotopic (exact) mass is 263 g/mol. The molecule has 0 radical (unpaired) electrons. The van der Waals surface area contributed by atoms with Gasteiger partial charge in [0, 0.05) is 16.1 Å². The Labute approximate surface area is 98.7 Å². The highest BCUT2D eigenvalue weighted by Gasteiger charge is 2.17. The minimum Gasteiger partial charge on any atom is -0.255 e. The van der Waals surface area contributed by atoms with Gasteiger partial charge in [0.1, 0.15) is 0 Å². The second-order valence-corrected chi connectivity index (χ2v) is 5.60. The van der Waals surface area contributed by atoms with E-state index in [9.17, 15) is 0 Å². The molecule has 0 aliphatic carbocycles. The van der Waals surface area contributed by atoms with Crippen molar-refractivity contribution in [1.29, 1.82) is 0 Å². The van der Waals surface area contributed by atoms with Crippen molar-refractivity contribution in [3.8, 4) is 0 Å². The Morgan fingerprint density at radius 3 is 2.53 bits per heavy atom. The number of fused-ring (bicyclic) bond motifs is 1. The minimum atomic E-state index is 0.155. The summed E-state index contributed by atoms with van der Waals surface area (Å²) in [5.74, 6) is 0. The third kappa shape index (κ3) is 1.91. The van der Waals surface area contributed by atoms with Gasteiger partial charge in [0.25, 0.3) is 0 Å². The molecule has 2 rings (SSSR count). The van der Waals surface area contributed by atoms with Crippen molar-refractivity contribution in [3.05, 3.63) is 40.5 Å². The SMILES string of the molecule is CC(C)(C)c1ccc(Br)c2ncccc12. The zero-order valence-electron chi connectivity index (χ0n) is 9.21. The van der Waals surface area contributed by atoms with Gasteiger partial charge in [-0.2, -0.15) is 0 Å². The molecular weight excluding hydrogens is 250 g/mol. The summed E-state index contributed by atoms with van der Waals surface area (Å²) in [6.07, 6.45) is 1.83. The number of nitrogens with zero attached hydrogens (tertiary/aromatic N) is 1. The van der Waals surface area contributed by atoms with Crippen LogP contribution in [0.5, 0.6) is 0 Å². The molecule has 1 aromatic heterocycles.